The number of anilines is 3. The van der Waals surface area contributed by atoms with Crippen LogP contribution in [0.25, 0.3) is 0 Å². The zero-order valence-electron chi connectivity index (χ0n) is 15.2. The van der Waals surface area contributed by atoms with Crippen molar-refractivity contribution in [3.8, 4) is 0 Å². The summed E-state index contributed by atoms with van der Waals surface area (Å²) in [6.45, 7) is 7.43. The molecule has 1 aromatic heterocycles. The van der Waals surface area contributed by atoms with Crippen LogP contribution in [0.2, 0.25) is 0 Å². The number of H-pyrrole nitrogens is 1. The molecule has 0 aliphatic heterocycles. The first-order valence-corrected chi connectivity index (χ1v) is 9.73. The predicted octanol–water partition coefficient (Wildman–Crippen LogP) is 4.19. The van der Waals surface area contributed by atoms with Crippen molar-refractivity contribution in [2.45, 2.75) is 32.6 Å². The first kappa shape index (κ1) is 18.0. The molecule has 0 radical (unpaired) electrons. The Kier molecular flexibility index (Phi) is 4.73. The summed E-state index contributed by atoms with van der Waals surface area (Å²) in [4.78, 5) is 0.190. The average molecular weight is 370 g/mol. The molecule has 1 heterocycles. The second kappa shape index (κ2) is 6.84. The van der Waals surface area contributed by atoms with Gasteiger partial charge in [-0.15, -0.1) is 0 Å². The van der Waals surface area contributed by atoms with Gasteiger partial charge in [-0.2, -0.15) is 5.10 Å². The van der Waals surface area contributed by atoms with Gasteiger partial charge < -0.3 is 5.32 Å². The molecule has 0 atom stereocenters. The number of rotatable bonds is 5. The summed E-state index contributed by atoms with van der Waals surface area (Å²) in [7, 11) is -3.68. The van der Waals surface area contributed by atoms with E-state index in [-0.39, 0.29) is 4.90 Å². The molecule has 0 aliphatic rings. The van der Waals surface area contributed by atoms with Crippen LogP contribution in [-0.2, 0) is 10.0 Å². The van der Waals surface area contributed by atoms with Crippen molar-refractivity contribution in [1.29, 1.82) is 0 Å². The minimum Gasteiger partial charge on any atom is -0.355 e. The second-order valence-electron chi connectivity index (χ2n) is 6.39. The van der Waals surface area contributed by atoms with Crippen molar-refractivity contribution in [2.75, 3.05) is 10.0 Å². The molecule has 26 heavy (non-hydrogen) atoms. The summed E-state index contributed by atoms with van der Waals surface area (Å²) >= 11 is 0. The van der Waals surface area contributed by atoms with Gasteiger partial charge in [0.1, 0.15) is 4.90 Å². The number of nitrogens with one attached hydrogen (secondary N) is 3. The minimum atomic E-state index is -3.68. The fourth-order valence-corrected chi connectivity index (χ4v) is 4.22. The van der Waals surface area contributed by atoms with Crippen molar-refractivity contribution in [1.82, 2.24) is 10.2 Å². The van der Waals surface area contributed by atoms with E-state index in [0.717, 1.165) is 16.9 Å². The molecule has 7 heteroatoms. The van der Waals surface area contributed by atoms with Crippen LogP contribution >= 0.6 is 0 Å². The lowest BCUT2D eigenvalue weighted by molar-refractivity contribution is 0.600. The van der Waals surface area contributed by atoms with Crippen molar-refractivity contribution in [2.24, 2.45) is 0 Å². The van der Waals surface area contributed by atoms with Crippen LogP contribution in [0, 0.1) is 27.7 Å². The van der Waals surface area contributed by atoms with Crippen molar-refractivity contribution in [3.05, 3.63) is 65.0 Å². The van der Waals surface area contributed by atoms with E-state index in [1.807, 2.05) is 26.0 Å². The summed E-state index contributed by atoms with van der Waals surface area (Å²) in [5, 5.41) is 10.00. The molecule has 0 spiro atoms. The molecular weight excluding hydrogens is 348 g/mol. The molecule has 0 fully saturated rings. The van der Waals surface area contributed by atoms with Crippen LogP contribution in [0.5, 0.6) is 0 Å². The molecule has 0 saturated heterocycles. The van der Waals surface area contributed by atoms with E-state index in [1.54, 1.807) is 26.0 Å². The van der Waals surface area contributed by atoms with E-state index in [0.29, 0.717) is 17.1 Å². The molecule has 0 amide bonds. The fourth-order valence-electron chi connectivity index (χ4n) is 2.79. The molecular formula is C19H22N4O2S. The summed E-state index contributed by atoms with van der Waals surface area (Å²) in [5.41, 5.74) is 5.70. The van der Waals surface area contributed by atoms with E-state index in [9.17, 15) is 8.42 Å². The number of hydrogen-bond donors (Lipinski definition) is 3. The Labute approximate surface area is 153 Å². The number of benzene rings is 2. The molecule has 3 rings (SSSR count). The zero-order chi connectivity index (χ0) is 18.9. The lowest BCUT2D eigenvalue weighted by Gasteiger charge is -2.12. The van der Waals surface area contributed by atoms with Crippen molar-refractivity contribution < 1.29 is 8.42 Å². The van der Waals surface area contributed by atoms with Crippen LogP contribution < -0.4 is 10.0 Å². The zero-order valence-corrected chi connectivity index (χ0v) is 16.0. The van der Waals surface area contributed by atoms with Crippen LogP contribution in [0.1, 0.15) is 22.5 Å². The van der Waals surface area contributed by atoms with Crippen LogP contribution in [0.3, 0.4) is 0 Å². The highest BCUT2D eigenvalue weighted by Crippen LogP contribution is 2.25. The topological polar surface area (TPSA) is 86.9 Å². The third-order valence-corrected chi connectivity index (χ3v) is 5.78. The minimum absolute atomic E-state index is 0.190. The van der Waals surface area contributed by atoms with Crippen LogP contribution in [0.4, 0.5) is 17.1 Å². The number of hydrogen-bond acceptors (Lipinski definition) is 4. The lowest BCUT2D eigenvalue weighted by Crippen LogP contribution is -2.14. The van der Waals surface area contributed by atoms with Crippen LogP contribution in [0.15, 0.2) is 47.4 Å². The smallest absolute Gasteiger partial charge is 0.265 e. The molecule has 136 valence electrons. The Morgan fingerprint density at radius 3 is 2.19 bits per heavy atom. The van der Waals surface area contributed by atoms with E-state index < -0.39 is 10.0 Å². The first-order valence-electron chi connectivity index (χ1n) is 8.25. The first-order chi connectivity index (χ1) is 12.3. The molecule has 2 aromatic carbocycles. The van der Waals surface area contributed by atoms with Gasteiger partial charge in [0, 0.05) is 17.1 Å². The summed E-state index contributed by atoms with van der Waals surface area (Å²) in [5.74, 6) is 0. The van der Waals surface area contributed by atoms with Gasteiger partial charge in [-0.3, -0.25) is 9.82 Å². The van der Waals surface area contributed by atoms with Gasteiger partial charge in [-0.1, -0.05) is 12.1 Å². The maximum absolute atomic E-state index is 12.6. The van der Waals surface area contributed by atoms with E-state index in [4.69, 9.17) is 0 Å². The Morgan fingerprint density at radius 2 is 1.58 bits per heavy atom. The van der Waals surface area contributed by atoms with Gasteiger partial charge in [0.15, 0.2) is 0 Å². The van der Waals surface area contributed by atoms with Gasteiger partial charge in [0.05, 0.1) is 11.4 Å². The highest BCUT2D eigenvalue weighted by molar-refractivity contribution is 7.92. The van der Waals surface area contributed by atoms with E-state index in [1.165, 1.54) is 5.56 Å². The van der Waals surface area contributed by atoms with Gasteiger partial charge in [-0.25, -0.2) is 8.42 Å². The molecule has 0 unspecified atom stereocenters. The second-order valence-corrected chi connectivity index (χ2v) is 8.01. The standard InChI is InChI=1S/C19H22N4O2S/c1-12-5-6-13(2)18(11-12)20-16-7-9-17(10-8-16)23-26(24,25)19-14(3)21-22-15(19)4/h5-11,20,23H,1-4H3,(H,21,22). The number of aryl methyl sites for hydroxylation is 4. The van der Waals surface area contributed by atoms with Gasteiger partial charge >= 0.3 is 0 Å². The van der Waals surface area contributed by atoms with Crippen LogP contribution in [-0.4, -0.2) is 18.6 Å². The average Bonchev–Trinajstić information content (AvgIpc) is 2.92. The predicted molar refractivity (Wildman–Crippen MR) is 105 cm³/mol. The number of aromatic amines is 1. The lowest BCUT2D eigenvalue weighted by atomic mass is 10.1. The Morgan fingerprint density at radius 1 is 0.923 bits per heavy atom. The number of sulfonamides is 1. The molecule has 0 saturated carbocycles. The molecule has 6 nitrogen and oxygen atoms in total. The maximum Gasteiger partial charge on any atom is 0.265 e. The van der Waals surface area contributed by atoms with E-state index >= 15 is 0 Å². The molecule has 0 bridgehead atoms. The largest absolute Gasteiger partial charge is 0.355 e. The summed E-state index contributed by atoms with van der Waals surface area (Å²) < 4.78 is 27.7. The van der Waals surface area contributed by atoms with Gasteiger partial charge in [0.25, 0.3) is 10.0 Å². The summed E-state index contributed by atoms with van der Waals surface area (Å²) in [6, 6.07) is 13.4. The van der Waals surface area contributed by atoms with Crippen molar-refractivity contribution in [3.63, 3.8) is 0 Å². The maximum atomic E-state index is 12.6. The van der Waals surface area contributed by atoms with Gasteiger partial charge in [-0.05, 0) is 69.2 Å². The SMILES string of the molecule is Cc1ccc(C)c(Nc2ccc(NS(=O)(=O)c3c(C)n[nH]c3C)cc2)c1. The molecule has 3 N–H and O–H groups in total. The Hall–Kier alpha value is -2.80. The molecule has 3 aromatic rings. The quantitative estimate of drug-likeness (QED) is 0.628. The molecule has 0 aliphatic carbocycles. The summed E-state index contributed by atoms with van der Waals surface area (Å²) in [6.07, 6.45) is 0. The normalized spacial score (nSPS) is 11.4. The third kappa shape index (κ3) is 3.72. The highest BCUT2D eigenvalue weighted by atomic mass is 32.2. The van der Waals surface area contributed by atoms with Gasteiger partial charge in [0.2, 0.25) is 0 Å². The third-order valence-electron chi connectivity index (χ3n) is 4.14. The number of aromatic nitrogens is 2. The fraction of sp³-hybridized carbons (Fsp3) is 0.211. The monoisotopic (exact) mass is 370 g/mol. The van der Waals surface area contributed by atoms with Crippen molar-refractivity contribution >= 4 is 27.1 Å². The number of nitrogens with zero attached hydrogens (tertiary/aromatic N) is 1. The Bertz CT molecular complexity index is 1020. The van der Waals surface area contributed by atoms with E-state index in [2.05, 4.69) is 38.4 Å². The highest BCUT2D eigenvalue weighted by Gasteiger charge is 2.22. The Balaban J connectivity index is 1.79.